The molecule has 122 valence electrons. The van der Waals surface area contributed by atoms with Crippen LogP contribution in [0.15, 0.2) is 0 Å². The van der Waals surface area contributed by atoms with Gasteiger partial charge in [-0.15, -0.1) is 0 Å². The first-order valence-corrected chi connectivity index (χ1v) is 9.08. The van der Waals surface area contributed by atoms with Crippen LogP contribution in [0.3, 0.4) is 0 Å². The minimum atomic E-state index is 0.253. The van der Waals surface area contributed by atoms with E-state index in [4.69, 9.17) is 10.5 Å². The second-order valence-corrected chi connectivity index (χ2v) is 7.25. The van der Waals surface area contributed by atoms with Crippen LogP contribution < -0.4 is 5.73 Å². The van der Waals surface area contributed by atoms with Crippen LogP contribution in [0, 0.1) is 0 Å². The molecule has 0 aromatic heterocycles. The Morgan fingerprint density at radius 1 is 1.19 bits per heavy atom. The van der Waals surface area contributed by atoms with Gasteiger partial charge in [-0.3, -0.25) is 9.80 Å². The van der Waals surface area contributed by atoms with Crippen LogP contribution in [0.2, 0.25) is 0 Å². The highest BCUT2D eigenvalue weighted by Crippen LogP contribution is 2.41. The molecule has 1 spiro atoms. The molecule has 0 amide bonds. The minimum absolute atomic E-state index is 0.253. The topological polar surface area (TPSA) is 41.7 Å². The van der Waals surface area contributed by atoms with Gasteiger partial charge in [0.1, 0.15) is 0 Å². The molecule has 2 saturated heterocycles. The van der Waals surface area contributed by atoms with Crippen molar-refractivity contribution in [3.63, 3.8) is 0 Å². The molecule has 2 unspecified atom stereocenters. The lowest BCUT2D eigenvalue weighted by atomic mass is 9.88. The van der Waals surface area contributed by atoms with Gasteiger partial charge in [0.15, 0.2) is 0 Å². The van der Waals surface area contributed by atoms with Gasteiger partial charge in [-0.2, -0.15) is 0 Å². The first-order chi connectivity index (χ1) is 10.3. The first kappa shape index (κ1) is 15.7. The molecular weight excluding hydrogens is 262 g/mol. The van der Waals surface area contributed by atoms with E-state index >= 15 is 0 Å². The summed E-state index contributed by atoms with van der Waals surface area (Å²) in [6.45, 7) is 8.86. The molecule has 0 aromatic carbocycles. The summed E-state index contributed by atoms with van der Waals surface area (Å²) < 4.78 is 6.19. The molecule has 21 heavy (non-hydrogen) atoms. The van der Waals surface area contributed by atoms with Crippen LogP contribution in [0.5, 0.6) is 0 Å². The van der Waals surface area contributed by atoms with Gasteiger partial charge >= 0.3 is 0 Å². The molecule has 2 atom stereocenters. The van der Waals surface area contributed by atoms with E-state index in [0.717, 1.165) is 19.2 Å². The van der Waals surface area contributed by atoms with E-state index in [1.165, 1.54) is 71.1 Å². The van der Waals surface area contributed by atoms with Gasteiger partial charge in [0.25, 0.3) is 0 Å². The van der Waals surface area contributed by atoms with Gasteiger partial charge < -0.3 is 10.5 Å². The fraction of sp³-hybridized carbons (Fsp3) is 1.00. The van der Waals surface area contributed by atoms with Crippen molar-refractivity contribution in [3.05, 3.63) is 0 Å². The van der Waals surface area contributed by atoms with E-state index in [1.54, 1.807) is 0 Å². The predicted octanol–water partition coefficient (Wildman–Crippen LogP) is 1.83. The fourth-order valence-corrected chi connectivity index (χ4v) is 4.72. The van der Waals surface area contributed by atoms with Gasteiger partial charge in [-0.05, 0) is 32.1 Å². The van der Waals surface area contributed by atoms with Crippen LogP contribution in [0.1, 0.15) is 51.9 Å². The van der Waals surface area contributed by atoms with Gasteiger partial charge in [0.2, 0.25) is 0 Å². The Balaban J connectivity index is 1.52. The maximum absolute atomic E-state index is 6.19. The highest BCUT2D eigenvalue weighted by atomic mass is 16.5. The van der Waals surface area contributed by atoms with E-state index in [1.807, 2.05) is 0 Å². The van der Waals surface area contributed by atoms with Crippen LogP contribution in [0.4, 0.5) is 0 Å². The van der Waals surface area contributed by atoms with Crippen molar-refractivity contribution < 1.29 is 4.74 Å². The number of ether oxygens (including phenoxy) is 1. The zero-order valence-corrected chi connectivity index (χ0v) is 13.7. The normalized spacial score (nSPS) is 32.6. The quantitative estimate of drug-likeness (QED) is 0.859. The summed E-state index contributed by atoms with van der Waals surface area (Å²) in [5, 5.41) is 0. The van der Waals surface area contributed by atoms with Crippen molar-refractivity contribution in [2.24, 2.45) is 5.73 Å². The molecule has 3 aliphatic rings. The van der Waals surface area contributed by atoms with Gasteiger partial charge in [-0.25, -0.2) is 0 Å². The van der Waals surface area contributed by atoms with E-state index in [0.29, 0.717) is 6.04 Å². The molecule has 0 aromatic rings. The van der Waals surface area contributed by atoms with Crippen molar-refractivity contribution in [3.8, 4) is 0 Å². The van der Waals surface area contributed by atoms with Crippen molar-refractivity contribution in [1.29, 1.82) is 0 Å². The average Bonchev–Trinajstić information content (AvgIpc) is 2.97. The van der Waals surface area contributed by atoms with E-state index in [2.05, 4.69) is 16.7 Å². The summed E-state index contributed by atoms with van der Waals surface area (Å²) in [4.78, 5) is 5.34. The van der Waals surface area contributed by atoms with E-state index in [-0.39, 0.29) is 5.60 Å². The number of hydrogen-bond acceptors (Lipinski definition) is 4. The lowest BCUT2D eigenvalue weighted by Gasteiger charge is -2.46. The standard InChI is InChI=1S/C17H33N3O/c1-2-15(14-18)19-8-10-20(11-9-19)16-5-12-21-17(13-16)6-3-4-7-17/h15-16H,2-14,18H2,1H3. The van der Waals surface area contributed by atoms with Gasteiger partial charge in [-0.1, -0.05) is 19.8 Å². The maximum atomic E-state index is 6.19. The Hall–Kier alpha value is -0.160. The number of nitrogens with two attached hydrogens (primary N) is 1. The third-order valence-electron chi connectivity index (χ3n) is 6.11. The molecule has 3 rings (SSSR count). The van der Waals surface area contributed by atoms with Gasteiger partial charge in [0.05, 0.1) is 5.60 Å². The molecule has 1 aliphatic carbocycles. The highest BCUT2D eigenvalue weighted by molar-refractivity contribution is 4.95. The minimum Gasteiger partial charge on any atom is -0.375 e. The summed E-state index contributed by atoms with van der Waals surface area (Å²) in [5.41, 5.74) is 6.15. The Labute approximate surface area is 130 Å². The van der Waals surface area contributed by atoms with Crippen molar-refractivity contribution in [2.45, 2.75) is 69.6 Å². The lowest BCUT2D eigenvalue weighted by molar-refractivity contribution is -0.106. The summed E-state index contributed by atoms with van der Waals surface area (Å²) >= 11 is 0. The van der Waals surface area contributed by atoms with Crippen LogP contribution >= 0.6 is 0 Å². The number of nitrogens with zero attached hydrogens (tertiary/aromatic N) is 2. The van der Waals surface area contributed by atoms with Crippen molar-refractivity contribution in [2.75, 3.05) is 39.3 Å². The van der Waals surface area contributed by atoms with Crippen LogP contribution in [-0.2, 0) is 4.74 Å². The highest BCUT2D eigenvalue weighted by Gasteiger charge is 2.41. The molecule has 0 bridgehead atoms. The molecule has 2 heterocycles. The molecule has 4 heteroatoms. The second-order valence-electron chi connectivity index (χ2n) is 7.25. The van der Waals surface area contributed by atoms with Gasteiger partial charge in [0, 0.05) is 51.4 Å². The third kappa shape index (κ3) is 3.44. The first-order valence-electron chi connectivity index (χ1n) is 9.08. The fourth-order valence-electron chi connectivity index (χ4n) is 4.72. The Kier molecular flexibility index (Phi) is 5.20. The van der Waals surface area contributed by atoms with E-state index < -0.39 is 0 Å². The van der Waals surface area contributed by atoms with E-state index in [9.17, 15) is 0 Å². The largest absolute Gasteiger partial charge is 0.375 e. The van der Waals surface area contributed by atoms with Crippen LogP contribution in [-0.4, -0.2) is 66.8 Å². The number of piperazine rings is 1. The zero-order chi connectivity index (χ0) is 14.7. The van der Waals surface area contributed by atoms with Crippen molar-refractivity contribution >= 4 is 0 Å². The Bertz CT molecular complexity index is 318. The molecule has 2 aliphatic heterocycles. The SMILES string of the molecule is CCC(CN)N1CCN(C2CCOC3(CCCC3)C2)CC1. The second kappa shape index (κ2) is 6.95. The summed E-state index contributed by atoms with van der Waals surface area (Å²) in [6, 6.07) is 1.35. The summed E-state index contributed by atoms with van der Waals surface area (Å²) in [5.74, 6) is 0. The van der Waals surface area contributed by atoms with Crippen molar-refractivity contribution in [1.82, 2.24) is 9.80 Å². The monoisotopic (exact) mass is 295 g/mol. The molecule has 3 fully saturated rings. The smallest absolute Gasteiger partial charge is 0.0697 e. The Morgan fingerprint density at radius 3 is 2.52 bits per heavy atom. The van der Waals surface area contributed by atoms with Crippen LogP contribution in [0.25, 0.3) is 0 Å². The molecular formula is C17H33N3O. The Morgan fingerprint density at radius 2 is 1.90 bits per heavy atom. The maximum Gasteiger partial charge on any atom is 0.0697 e. The molecule has 2 N–H and O–H groups in total. The lowest BCUT2D eigenvalue weighted by Crippen LogP contribution is -2.57. The average molecular weight is 295 g/mol. The third-order valence-corrected chi connectivity index (χ3v) is 6.11. The number of hydrogen-bond donors (Lipinski definition) is 1. The zero-order valence-electron chi connectivity index (χ0n) is 13.7. The number of rotatable bonds is 4. The molecule has 1 saturated carbocycles. The summed E-state index contributed by atoms with van der Waals surface area (Å²) in [7, 11) is 0. The summed E-state index contributed by atoms with van der Waals surface area (Å²) in [6.07, 6.45) is 9.03. The predicted molar refractivity (Wildman–Crippen MR) is 86.5 cm³/mol. The molecule has 0 radical (unpaired) electrons. The molecule has 4 nitrogen and oxygen atoms in total.